The molecule has 1 rings (SSSR count). The van der Waals surface area contributed by atoms with Gasteiger partial charge in [0.05, 0.1) is 4.90 Å². The molecular formula is C14H20N2O5S. The predicted octanol–water partition coefficient (Wildman–Crippen LogP) is 1.06. The summed E-state index contributed by atoms with van der Waals surface area (Å²) in [6.07, 6.45) is 0. The molecule has 0 spiro atoms. The molecule has 0 aliphatic heterocycles. The SMILES string of the molecule is CC(=O)N(C)c1ccc(S(=O)(=O)N[C@@H](C(=O)O)C(C)C)cc1. The second-order valence-corrected chi connectivity index (χ2v) is 6.97. The van der Waals surface area contributed by atoms with Crippen LogP contribution in [-0.2, 0) is 19.6 Å². The lowest BCUT2D eigenvalue weighted by Gasteiger charge is -2.19. The van der Waals surface area contributed by atoms with Crippen LogP contribution in [0.2, 0.25) is 0 Å². The molecule has 1 aromatic rings. The van der Waals surface area contributed by atoms with Crippen LogP contribution in [0.3, 0.4) is 0 Å². The van der Waals surface area contributed by atoms with Gasteiger partial charge in [-0.2, -0.15) is 4.72 Å². The third-order valence-corrected chi connectivity index (χ3v) is 4.68. The number of carbonyl (C=O) groups is 2. The molecule has 1 aromatic carbocycles. The zero-order valence-electron chi connectivity index (χ0n) is 12.9. The van der Waals surface area contributed by atoms with E-state index in [-0.39, 0.29) is 10.8 Å². The molecule has 7 nitrogen and oxygen atoms in total. The van der Waals surface area contributed by atoms with Crippen LogP contribution in [0.4, 0.5) is 5.69 Å². The lowest BCUT2D eigenvalue weighted by Crippen LogP contribution is -2.44. The first-order chi connectivity index (χ1) is 10.1. The molecular weight excluding hydrogens is 308 g/mol. The van der Waals surface area contributed by atoms with Crippen LogP contribution < -0.4 is 9.62 Å². The maximum absolute atomic E-state index is 12.2. The molecule has 0 unspecified atom stereocenters. The number of carbonyl (C=O) groups excluding carboxylic acids is 1. The lowest BCUT2D eigenvalue weighted by molar-refractivity contribution is -0.140. The van der Waals surface area contributed by atoms with Gasteiger partial charge in [-0.1, -0.05) is 13.8 Å². The summed E-state index contributed by atoms with van der Waals surface area (Å²) in [4.78, 5) is 23.7. The number of aliphatic carboxylic acids is 1. The molecule has 0 saturated carbocycles. The number of benzene rings is 1. The Balaban J connectivity index is 3.04. The molecule has 122 valence electrons. The Bertz CT molecular complexity index is 652. The fourth-order valence-corrected chi connectivity index (χ4v) is 3.08. The molecule has 0 heterocycles. The zero-order chi connectivity index (χ0) is 17.1. The van der Waals surface area contributed by atoms with Crippen molar-refractivity contribution in [3.63, 3.8) is 0 Å². The van der Waals surface area contributed by atoms with Crippen molar-refractivity contribution in [2.24, 2.45) is 5.92 Å². The second kappa shape index (κ2) is 6.89. The van der Waals surface area contributed by atoms with E-state index in [2.05, 4.69) is 4.72 Å². The van der Waals surface area contributed by atoms with E-state index in [4.69, 9.17) is 5.11 Å². The number of hydrogen-bond donors (Lipinski definition) is 2. The maximum Gasteiger partial charge on any atom is 0.322 e. The Labute approximate surface area is 130 Å². The van der Waals surface area contributed by atoms with E-state index < -0.39 is 28.0 Å². The topological polar surface area (TPSA) is 104 Å². The van der Waals surface area contributed by atoms with Gasteiger partial charge in [0.1, 0.15) is 6.04 Å². The Morgan fingerprint density at radius 2 is 1.68 bits per heavy atom. The normalized spacial score (nSPS) is 13.0. The third-order valence-electron chi connectivity index (χ3n) is 3.22. The summed E-state index contributed by atoms with van der Waals surface area (Å²) in [6.45, 7) is 4.63. The first-order valence-electron chi connectivity index (χ1n) is 6.65. The highest BCUT2D eigenvalue weighted by molar-refractivity contribution is 7.89. The van der Waals surface area contributed by atoms with Crippen LogP contribution in [0.25, 0.3) is 0 Å². The Morgan fingerprint density at radius 1 is 1.18 bits per heavy atom. The van der Waals surface area contributed by atoms with E-state index in [0.717, 1.165) is 0 Å². The standard InChI is InChI=1S/C14H20N2O5S/c1-9(2)13(14(18)19)15-22(20,21)12-7-5-11(6-8-12)16(4)10(3)17/h5-9,13,15H,1-4H3,(H,18,19)/t13-/m1/s1. The van der Waals surface area contributed by atoms with Crippen LogP contribution in [0.1, 0.15) is 20.8 Å². The van der Waals surface area contributed by atoms with Crippen molar-refractivity contribution in [3.8, 4) is 0 Å². The van der Waals surface area contributed by atoms with Gasteiger partial charge >= 0.3 is 5.97 Å². The first-order valence-corrected chi connectivity index (χ1v) is 8.14. The number of sulfonamides is 1. The predicted molar refractivity (Wildman–Crippen MR) is 82.1 cm³/mol. The van der Waals surface area contributed by atoms with Gasteiger partial charge in [0, 0.05) is 19.7 Å². The molecule has 0 aromatic heterocycles. The van der Waals surface area contributed by atoms with Gasteiger partial charge in [-0.3, -0.25) is 9.59 Å². The van der Waals surface area contributed by atoms with Crippen molar-refractivity contribution in [2.45, 2.75) is 31.7 Å². The summed E-state index contributed by atoms with van der Waals surface area (Å²) < 4.78 is 26.6. The lowest BCUT2D eigenvalue weighted by atomic mass is 10.1. The minimum atomic E-state index is -3.95. The first kappa shape index (κ1) is 18.1. The van der Waals surface area contributed by atoms with Crippen molar-refractivity contribution in [3.05, 3.63) is 24.3 Å². The van der Waals surface area contributed by atoms with Crippen molar-refractivity contribution in [1.29, 1.82) is 0 Å². The number of rotatable bonds is 6. The molecule has 8 heteroatoms. The molecule has 0 bridgehead atoms. The smallest absolute Gasteiger partial charge is 0.322 e. The van der Waals surface area contributed by atoms with E-state index >= 15 is 0 Å². The third kappa shape index (κ3) is 4.28. The highest BCUT2D eigenvalue weighted by Crippen LogP contribution is 2.18. The van der Waals surface area contributed by atoms with Crippen LogP contribution in [0.5, 0.6) is 0 Å². The fourth-order valence-electron chi connectivity index (χ4n) is 1.74. The van der Waals surface area contributed by atoms with Gasteiger partial charge in [0.25, 0.3) is 0 Å². The van der Waals surface area contributed by atoms with E-state index in [0.29, 0.717) is 5.69 Å². The molecule has 0 radical (unpaired) electrons. The average Bonchev–Trinajstić information content (AvgIpc) is 2.43. The Kier molecular flexibility index (Phi) is 5.67. The van der Waals surface area contributed by atoms with E-state index in [1.807, 2.05) is 0 Å². The number of nitrogens with one attached hydrogen (secondary N) is 1. The molecule has 0 saturated heterocycles. The molecule has 1 atom stereocenters. The van der Waals surface area contributed by atoms with Crippen molar-refractivity contribution in [2.75, 3.05) is 11.9 Å². The second-order valence-electron chi connectivity index (χ2n) is 5.25. The molecule has 22 heavy (non-hydrogen) atoms. The summed E-state index contributed by atoms with van der Waals surface area (Å²) >= 11 is 0. The van der Waals surface area contributed by atoms with E-state index in [9.17, 15) is 18.0 Å². The highest BCUT2D eigenvalue weighted by atomic mass is 32.2. The number of anilines is 1. The number of amides is 1. The van der Waals surface area contributed by atoms with Crippen LogP contribution >= 0.6 is 0 Å². The van der Waals surface area contributed by atoms with E-state index in [1.165, 1.54) is 36.1 Å². The van der Waals surface area contributed by atoms with Crippen molar-refractivity contribution >= 4 is 27.6 Å². The van der Waals surface area contributed by atoms with Crippen LogP contribution in [0, 0.1) is 5.92 Å². The summed E-state index contributed by atoms with van der Waals surface area (Å²) in [6, 6.07) is 4.43. The Hall–Kier alpha value is -1.93. The van der Waals surface area contributed by atoms with E-state index in [1.54, 1.807) is 20.9 Å². The number of nitrogens with zero attached hydrogens (tertiary/aromatic N) is 1. The summed E-state index contributed by atoms with van der Waals surface area (Å²) in [5.74, 6) is -1.80. The Morgan fingerprint density at radius 3 is 2.05 bits per heavy atom. The summed E-state index contributed by atoms with van der Waals surface area (Å²) in [5, 5.41) is 9.06. The largest absolute Gasteiger partial charge is 0.480 e. The average molecular weight is 328 g/mol. The van der Waals surface area contributed by atoms with Gasteiger partial charge < -0.3 is 10.0 Å². The molecule has 2 N–H and O–H groups in total. The molecule has 0 aliphatic rings. The highest BCUT2D eigenvalue weighted by Gasteiger charge is 2.28. The van der Waals surface area contributed by atoms with Gasteiger partial charge in [0.2, 0.25) is 15.9 Å². The van der Waals surface area contributed by atoms with Crippen molar-refractivity contribution in [1.82, 2.24) is 4.72 Å². The van der Waals surface area contributed by atoms with Gasteiger partial charge in [-0.15, -0.1) is 0 Å². The molecule has 0 fully saturated rings. The summed E-state index contributed by atoms with van der Waals surface area (Å²) in [7, 11) is -2.37. The quantitative estimate of drug-likeness (QED) is 0.812. The van der Waals surface area contributed by atoms with Gasteiger partial charge in [-0.25, -0.2) is 8.42 Å². The molecule has 1 amide bonds. The number of carboxylic acids is 1. The van der Waals surface area contributed by atoms with Gasteiger partial charge in [0.15, 0.2) is 0 Å². The van der Waals surface area contributed by atoms with Crippen molar-refractivity contribution < 1.29 is 23.1 Å². The van der Waals surface area contributed by atoms with Crippen LogP contribution in [0.15, 0.2) is 29.2 Å². The molecule has 0 aliphatic carbocycles. The summed E-state index contributed by atoms with van der Waals surface area (Å²) in [5.41, 5.74) is 0.546. The monoisotopic (exact) mass is 328 g/mol. The number of carboxylic acid groups (broad SMARTS) is 1. The fraction of sp³-hybridized carbons (Fsp3) is 0.429. The van der Waals surface area contributed by atoms with Gasteiger partial charge in [-0.05, 0) is 30.2 Å². The minimum absolute atomic E-state index is 0.0555. The number of hydrogen-bond acceptors (Lipinski definition) is 4. The minimum Gasteiger partial charge on any atom is -0.480 e. The van der Waals surface area contributed by atoms with Crippen LogP contribution in [-0.4, -0.2) is 38.5 Å². The maximum atomic E-state index is 12.2. The zero-order valence-corrected chi connectivity index (χ0v) is 13.7.